The number of carbonyl (C=O) groups is 1. The highest BCUT2D eigenvalue weighted by atomic mass is 32.2. The van der Waals surface area contributed by atoms with Crippen molar-refractivity contribution in [3.05, 3.63) is 52.2 Å². The fourth-order valence-electron chi connectivity index (χ4n) is 3.86. The number of halogens is 3. The van der Waals surface area contributed by atoms with Gasteiger partial charge in [0.1, 0.15) is 16.9 Å². The fraction of sp³-hybridized carbons (Fsp3) is 0.391. The summed E-state index contributed by atoms with van der Waals surface area (Å²) in [6.07, 6.45) is -0.583. The average molecular weight is 545 g/mol. The molecule has 0 atom stereocenters. The Labute approximate surface area is 208 Å². The summed E-state index contributed by atoms with van der Waals surface area (Å²) in [5, 5.41) is 11.9. The standard InChI is InChI=1S/C23H22F3NO9S/c1-21(2)33-11-22(12-34-21,27-20(29)30)8-7-13-3-6-17-16(9-13)19(28)15-5-4-14(10-18(15)35-17)36-37(31,32)23(24,25)26/h3-6,9-10,27H,7-8,11-12H2,1-2H3,(H,29,30). The van der Waals surface area contributed by atoms with Gasteiger partial charge in [-0.1, -0.05) is 6.07 Å². The summed E-state index contributed by atoms with van der Waals surface area (Å²) < 4.78 is 81.4. The molecule has 1 saturated heterocycles. The highest BCUT2D eigenvalue weighted by Crippen LogP contribution is 2.30. The van der Waals surface area contributed by atoms with Crippen LogP contribution in [-0.2, 0) is 26.0 Å². The van der Waals surface area contributed by atoms with Crippen molar-refractivity contribution in [1.29, 1.82) is 0 Å². The number of rotatable bonds is 6. The van der Waals surface area contributed by atoms with E-state index in [0.717, 1.165) is 18.2 Å². The topological polar surface area (TPSA) is 141 Å². The molecule has 3 aromatic rings. The van der Waals surface area contributed by atoms with Crippen molar-refractivity contribution in [1.82, 2.24) is 5.32 Å². The number of alkyl halides is 3. The first kappa shape index (κ1) is 26.7. The Balaban J connectivity index is 1.61. The lowest BCUT2D eigenvalue weighted by Gasteiger charge is -2.43. The van der Waals surface area contributed by atoms with Gasteiger partial charge < -0.3 is 28.5 Å². The summed E-state index contributed by atoms with van der Waals surface area (Å²) in [7, 11) is -5.89. The maximum Gasteiger partial charge on any atom is 0.534 e. The maximum absolute atomic E-state index is 13.1. The van der Waals surface area contributed by atoms with Crippen molar-refractivity contribution in [2.75, 3.05) is 13.2 Å². The third-order valence-corrected chi connectivity index (χ3v) is 6.83. The van der Waals surface area contributed by atoms with Gasteiger partial charge in [0.15, 0.2) is 5.79 Å². The first-order valence-electron chi connectivity index (χ1n) is 10.9. The normalized spacial score (nSPS) is 17.5. The second-order valence-electron chi connectivity index (χ2n) is 9.09. The molecule has 0 saturated carbocycles. The van der Waals surface area contributed by atoms with E-state index in [-0.39, 0.29) is 35.2 Å². The minimum absolute atomic E-state index is 0.00160. The van der Waals surface area contributed by atoms with Gasteiger partial charge in [0.2, 0.25) is 5.43 Å². The number of hydrogen-bond acceptors (Lipinski definition) is 8. The summed E-state index contributed by atoms with van der Waals surface area (Å²) in [5.74, 6) is -1.52. The molecule has 0 radical (unpaired) electrons. The number of aryl methyl sites for hydroxylation is 1. The molecule has 1 aliphatic rings. The third kappa shape index (κ3) is 5.65. The Kier molecular flexibility index (Phi) is 6.63. The molecule has 0 unspecified atom stereocenters. The largest absolute Gasteiger partial charge is 0.534 e. The van der Waals surface area contributed by atoms with Crippen molar-refractivity contribution in [2.24, 2.45) is 0 Å². The lowest BCUT2D eigenvalue weighted by Crippen LogP contribution is -2.61. The molecule has 200 valence electrons. The minimum atomic E-state index is -5.89. The second kappa shape index (κ2) is 9.19. The summed E-state index contributed by atoms with van der Waals surface area (Å²) >= 11 is 0. The van der Waals surface area contributed by atoms with Crippen LogP contribution in [0.2, 0.25) is 0 Å². The minimum Gasteiger partial charge on any atom is -0.465 e. The first-order valence-corrected chi connectivity index (χ1v) is 12.3. The molecule has 1 aliphatic heterocycles. The first-order chi connectivity index (χ1) is 17.1. The molecule has 0 bridgehead atoms. The summed E-state index contributed by atoms with van der Waals surface area (Å²) in [6.45, 7) is 3.60. The molecule has 2 aromatic carbocycles. The lowest BCUT2D eigenvalue weighted by atomic mass is 9.91. The van der Waals surface area contributed by atoms with E-state index in [1.807, 2.05) is 0 Å². The number of amides is 1. The summed E-state index contributed by atoms with van der Waals surface area (Å²) in [4.78, 5) is 24.4. The molecular weight excluding hydrogens is 523 g/mol. The molecule has 1 fully saturated rings. The van der Waals surface area contributed by atoms with Crippen molar-refractivity contribution in [3.8, 4) is 5.75 Å². The Morgan fingerprint density at radius 1 is 1.08 bits per heavy atom. The van der Waals surface area contributed by atoms with Gasteiger partial charge >= 0.3 is 21.7 Å². The molecule has 10 nitrogen and oxygen atoms in total. The number of nitrogens with one attached hydrogen (secondary N) is 1. The van der Waals surface area contributed by atoms with Crippen LogP contribution in [-0.4, -0.2) is 49.7 Å². The zero-order valence-electron chi connectivity index (χ0n) is 19.5. The maximum atomic E-state index is 13.1. The molecular formula is C23H22F3NO9S. The van der Waals surface area contributed by atoms with Gasteiger partial charge in [0.05, 0.1) is 29.5 Å². The van der Waals surface area contributed by atoms with E-state index in [2.05, 4.69) is 9.50 Å². The van der Waals surface area contributed by atoms with Crippen molar-refractivity contribution >= 4 is 38.1 Å². The molecule has 2 heterocycles. The van der Waals surface area contributed by atoms with E-state index in [0.29, 0.717) is 18.4 Å². The van der Waals surface area contributed by atoms with Crippen molar-refractivity contribution < 1.29 is 49.6 Å². The van der Waals surface area contributed by atoms with Crippen molar-refractivity contribution in [2.45, 2.75) is 43.5 Å². The van der Waals surface area contributed by atoms with E-state index < -0.39 is 44.2 Å². The van der Waals surface area contributed by atoms with Gasteiger partial charge in [0, 0.05) is 6.07 Å². The summed E-state index contributed by atoms with van der Waals surface area (Å²) in [6, 6.07) is 7.62. The Bertz CT molecular complexity index is 1520. The van der Waals surface area contributed by atoms with E-state index in [9.17, 15) is 36.3 Å². The van der Waals surface area contributed by atoms with Crippen LogP contribution >= 0.6 is 0 Å². The molecule has 0 aliphatic carbocycles. The van der Waals surface area contributed by atoms with Gasteiger partial charge in [-0.2, -0.15) is 21.6 Å². The van der Waals surface area contributed by atoms with Crippen LogP contribution in [0.15, 0.2) is 45.6 Å². The van der Waals surface area contributed by atoms with Gasteiger partial charge in [-0.05, 0) is 56.5 Å². The van der Waals surface area contributed by atoms with E-state index in [1.54, 1.807) is 26.0 Å². The number of ether oxygens (including phenoxy) is 2. The van der Waals surface area contributed by atoms with Gasteiger partial charge in [0.25, 0.3) is 0 Å². The smallest absolute Gasteiger partial charge is 0.465 e. The highest BCUT2D eigenvalue weighted by molar-refractivity contribution is 7.88. The monoisotopic (exact) mass is 545 g/mol. The van der Waals surface area contributed by atoms with E-state index >= 15 is 0 Å². The Hall–Kier alpha value is -3.36. The SMILES string of the molecule is CC1(C)OCC(CCc2ccc3oc4cc(OS(=O)(=O)C(F)(F)F)ccc4c(=O)c3c2)(NC(=O)O)CO1. The van der Waals surface area contributed by atoms with Gasteiger partial charge in [-0.3, -0.25) is 4.79 Å². The van der Waals surface area contributed by atoms with Gasteiger partial charge in [-0.25, -0.2) is 4.79 Å². The van der Waals surface area contributed by atoms with Crippen LogP contribution in [0.1, 0.15) is 25.8 Å². The predicted molar refractivity (Wildman–Crippen MR) is 124 cm³/mol. The van der Waals surface area contributed by atoms with Crippen LogP contribution in [0, 0.1) is 0 Å². The molecule has 37 heavy (non-hydrogen) atoms. The zero-order chi connectivity index (χ0) is 27.2. The molecule has 0 spiro atoms. The average Bonchev–Trinajstić information content (AvgIpc) is 2.78. The lowest BCUT2D eigenvalue weighted by molar-refractivity contribution is -0.271. The number of carboxylic acid groups (broad SMARTS) is 1. The number of fused-ring (bicyclic) bond motifs is 2. The highest BCUT2D eigenvalue weighted by Gasteiger charge is 2.48. The molecule has 14 heteroatoms. The second-order valence-corrected chi connectivity index (χ2v) is 10.6. The fourth-order valence-corrected chi connectivity index (χ4v) is 4.31. The van der Waals surface area contributed by atoms with Crippen LogP contribution in [0.3, 0.4) is 0 Å². The third-order valence-electron chi connectivity index (χ3n) is 5.85. The van der Waals surface area contributed by atoms with Crippen LogP contribution in [0.5, 0.6) is 5.75 Å². The molecule has 4 rings (SSSR count). The Morgan fingerprint density at radius 3 is 2.38 bits per heavy atom. The zero-order valence-corrected chi connectivity index (χ0v) is 20.4. The summed E-state index contributed by atoms with van der Waals surface area (Å²) in [5.41, 5.74) is -6.48. The quantitative estimate of drug-likeness (QED) is 0.268. The predicted octanol–water partition coefficient (Wildman–Crippen LogP) is 3.90. The van der Waals surface area contributed by atoms with E-state index in [1.165, 1.54) is 6.07 Å². The molecule has 1 aromatic heterocycles. The van der Waals surface area contributed by atoms with Crippen LogP contribution in [0.4, 0.5) is 18.0 Å². The van der Waals surface area contributed by atoms with Gasteiger partial charge in [-0.15, -0.1) is 0 Å². The Morgan fingerprint density at radius 2 is 1.76 bits per heavy atom. The molecule has 1 amide bonds. The van der Waals surface area contributed by atoms with Crippen LogP contribution < -0.4 is 14.9 Å². The van der Waals surface area contributed by atoms with Crippen LogP contribution in [0.25, 0.3) is 21.9 Å². The van der Waals surface area contributed by atoms with Crippen molar-refractivity contribution in [3.63, 3.8) is 0 Å². The number of hydrogen-bond donors (Lipinski definition) is 2. The van der Waals surface area contributed by atoms with E-state index in [4.69, 9.17) is 13.9 Å². The number of benzene rings is 2. The molecule has 2 N–H and O–H groups in total.